The van der Waals surface area contributed by atoms with Crippen LogP contribution in [0.5, 0.6) is 0 Å². The lowest BCUT2D eigenvalue weighted by atomic mass is 9.62. The molecule has 1 spiro atoms. The summed E-state index contributed by atoms with van der Waals surface area (Å²) in [7, 11) is 1.63. The Morgan fingerprint density at radius 3 is 2.35 bits per heavy atom. The van der Waals surface area contributed by atoms with Crippen molar-refractivity contribution in [3.05, 3.63) is 63.6 Å². The number of carbonyl (C=O) groups excluding carboxylic acids is 2. The maximum absolute atomic E-state index is 13.8. The predicted molar refractivity (Wildman–Crippen MR) is 125 cm³/mol. The summed E-state index contributed by atoms with van der Waals surface area (Å²) in [6.07, 6.45) is 0.678. The highest BCUT2D eigenvalue weighted by Gasteiger charge is 2.65. The molecule has 31 heavy (non-hydrogen) atoms. The number of hydrogen-bond acceptors (Lipinski definition) is 3. The van der Waals surface area contributed by atoms with E-state index in [-0.39, 0.29) is 23.1 Å². The van der Waals surface area contributed by atoms with Crippen LogP contribution < -0.4 is 16.0 Å². The van der Waals surface area contributed by atoms with Crippen LogP contribution in [0.1, 0.15) is 44.4 Å². The van der Waals surface area contributed by atoms with Crippen molar-refractivity contribution in [2.24, 2.45) is 11.3 Å². The fourth-order valence-corrected chi connectivity index (χ4v) is 5.55. The molecule has 1 saturated heterocycles. The quantitative estimate of drug-likeness (QED) is 0.622. The van der Waals surface area contributed by atoms with Gasteiger partial charge in [-0.25, -0.2) is 0 Å². The van der Waals surface area contributed by atoms with Crippen molar-refractivity contribution >= 4 is 40.7 Å². The smallest absolute Gasteiger partial charge is 0.237 e. The van der Waals surface area contributed by atoms with Crippen molar-refractivity contribution in [1.29, 1.82) is 0 Å². The van der Waals surface area contributed by atoms with Gasteiger partial charge in [0.2, 0.25) is 11.8 Å². The SMILES string of the molecule is CNC(=O)[C@@H]1N[C@@H](c2ccc(Cl)cc2)[C@]2(C(=O)Nc3cc(Cl)ccc32)[C@H]1CC(C)(C)C. The number of amides is 2. The Labute approximate surface area is 192 Å². The molecule has 3 N–H and O–H groups in total. The van der Waals surface area contributed by atoms with Gasteiger partial charge in [0.1, 0.15) is 5.41 Å². The van der Waals surface area contributed by atoms with Crippen LogP contribution in [0.15, 0.2) is 42.5 Å². The fraction of sp³-hybridized carbons (Fsp3) is 0.417. The summed E-state index contributed by atoms with van der Waals surface area (Å²) in [6, 6.07) is 12.0. The third kappa shape index (κ3) is 3.63. The first-order valence-electron chi connectivity index (χ1n) is 10.4. The second-order valence-corrected chi connectivity index (χ2v) is 10.5. The highest BCUT2D eigenvalue weighted by molar-refractivity contribution is 6.31. The van der Waals surface area contributed by atoms with Crippen LogP contribution in [0.2, 0.25) is 10.0 Å². The Bertz CT molecular complexity index is 1030. The van der Waals surface area contributed by atoms with Crippen LogP contribution in [0.3, 0.4) is 0 Å². The lowest BCUT2D eigenvalue weighted by Crippen LogP contribution is -2.48. The van der Waals surface area contributed by atoms with E-state index in [4.69, 9.17) is 23.2 Å². The lowest BCUT2D eigenvalue weighted by molar-refractivity contribution is -0.125. The topological polar surface area (TPSA) is 70.2 Å². The van der Waals surface area contributed by atoms with E-state index in [0.717, 1.165) is 11.1 Å². The minimum atomic E-state index is -0.960. The monoisotopic (exact) mass is 459 g/mol. The number of carbonyl (C=O) groups is 2. The molecule has 5 nitrogen and oxygen atoms in total. The number of fused-ring (bicyclic) bond motifs is 2. The van der Waals surface area contributed by atoms with Crippen molar-refractivity contribution < 1.29 is 9.59 Å². The molecule has 2 amide bonds. The van der Waals surface area contributed by atoms with Crippen LogP contribution in [0.25, 0.3) is 0 Å². The lowest BCUT2D eigenvalue weighted by Gasteiger charge is -2.38. The van der Waals surface area contributed by atoms with Crippen LogP contribution in [0.4, 0.5) is 5.69 Å². The number of likely N-dealkylation sites (N-methyl/N-ethyl adjacent to an activating group) is 1. The molecule has 0 aliphatic carbocycles. The molecular formula is C24H27Cl2N3O2. The van der Waals surface area contributed by atoms with E-state index in [0.29, 0.717) is 22.2 Å². The van der Waals surface area contributed by atoms with Crippen LogP contribution in [-0.4, -0.2) is 24.9 Å². The van der Waals surface area contributed by atoms with E-state index < -0.39 is 17.5 Å². The number of nitrogens with one attached hydrogen (secondary N) is 3. The van der Waals surface area contributed by atoms with Crippen LogP contribution in [0, 0.1) is 11.3 Å². The zero-order valence-electron chi connectivity index (χ0n) is 18.1. The fourth-order valence-electron chi connectivity index (χ4n) is 5.25. The Hall–Kier alpha value is -2.08. The maximum atomic E-state index is 13.8. The number of benzene rings is 2. The molecule has 0 aromatic heterocycles. The Morgan fingerprint density at radius 2 is 1.74 bits per heavy atom. The first kappa shape index (κ1) is 22.1. The van der Waals surface area contributed by atoms with E-state index in [1.165, 1.54) is 0 Å². The number of hydrogen-bond donors (Lipinski definition) is 3. The van der Waals surface area contributed by atoms with Gasteiger partial charge in [-0.3, -0.25) is 14.9 Å². The molecule has 0 saturated carbocycles. The minimum absolute atomic E-state index is 0.101. The second-order valence-electron chi connectivity index (χ2n) is 9.63. The van der Waals surface area contributed by atoms with Crippen molar-refractivity contribution in [1.82, 2.24) is 10.6 Å². The summed E-state index contributed by atoms with van der Waals surface area (Å²) in [5.74, 6) is -0.506. The van der Waals surface area contributed by atoms with Gasteiger partial charge in [0, 0.05) is 28.7 Å². The van der Waals surface area contributed by atoms with Gasteiger partial charge in [0.15, 0.2) is 0 Å². The molecule has 4 atom stereocenters. The number of halogens is 2. The first-order chi connectivity index (χ1) is 14.6. The third-order valence-corrected chi connectivity index (χ3v) is 6.89. The molecule has 1 fully saturated rings. The molecule has 2 aromatic rings. The molecule has 0 radical (unpaired) electrons. The highest BCUT2D eigenvalue weighted by atomic mass is 35.5. The Kier molecular flexibility index (Phi) is 5.57. The average molecular weight is 460 g/mol. The molecule has 2 aliphatic rings. The predicted octanol–water partition coefficient (Wildman–Crippen LogP) is 4.69. The average Bonchev–Trinajstić information content (AvgIpc) is 3.17. The first-order valence-corrected chi connectivity index (χ1v) is 11.2. The van der Waals surface area contributed by atoms with Crippen molar-refractivity contribution in [3.63, 3.8) is 0 Å². The van der Waals surface area contributed by atoms with Gasteiger partial charge in [-0.2, -0.15) is 0 Å². The van der Waals surface area contributed by atoms with Crippen LogP contribution in [-0.2, 0) is 15.0 Å². The zero-order valence-corrected chi connectivity index (χ0v) is 19.6. The standard InChI is InChI=1S/C24H27Cl2N3O2/c1-23(2,3)12-17-19(21(30)27-4)29-20(13-5-7-14(25)8-6-13)24(17)16-10-9-15(26)11-18(16)28-22(24)31/h5-11,17,19-20,29H,12H2,1-4H3,(H,27,30)(H,28,31)/t17-,19+,20-,24+/m0/s1. The summed E-state index contributed by atoms with van der Waals surface area (Å²) in [5.41, 5.74) is 1.42. The van der Waals surface area contributed by atoms with Gasteiger partial charge in [0.05, 0.1) is 12.1 Å². The van der Waals surface area contributed by atoms with Crippen LogP contribution >= 0.6 is 23.2 Å². The van der Waals surface area contributed by atoms with Gasteiger partial charge < -0.3 is 10.6 Å². The van der Waals surface area contributed by atoms with Crippen molar-refractivity contribution in [2.75, 3.05) is 12.4 Å². The number of rotatable bonds is 3. The molecule has 2 aromatic carbocycles. The Balaban J connectivity index is 1.98. The van der Waals surface area contributed by atoms with Gasteiger partial charge in [0.25, 0.3) is 0 Å². The van der Waals surface area contributed by atoms with Gasteiger partial charge in [-0.15, -0.1) is 0 Å². The summed E-state index contributed by atoms with van der Waals surface area (Å²) in [6.45, 7) is 6.40. The molecule has 0 unspecified atom stereocenters. The molecule has 0 bridgehead atoms. The van der Waals surface area contributed by atoms with E-state index in [2.05, 4.69) is 36.7 Å². The molecule has 7 heteroatoms. The zero-order chi connectivity index (χ0) is 22.6. The second kappa shape index (κ2) is 7.80. The highest BCUT2D eigenvalue weighted by Crippen LogP contribution is 2.58. The summed E-state index contributed by atoms with van der Waals surface area (Å²) >= 11 is 12.4. The molecule has 2 aliphatic heterocycles. The van der Waals surface area contributed by atoms with Crippen molar-refractivity contribution in [2.45, 2.75) is 44.7 Å². The van der Waals surface area contributed by atoms with Gasteiger partial charge in [-0.1, -0.05) is 62.2 Å². The van der Waals surface area contributed by atoms with E-state index in [9.17, 15) is 9.59 Å². The van der Waals surface area contributed by atoms with E-state index in [1.54, 1.807) is 13.1 Å². The summed E-state index contributed by atoms with van der Waals surface area (Å²) in [5, 5.41) is 10.5. The molecular weight excluding hydrogens is 433 g/mol. The third-order valence-electron chi connectivity index (χ3n) is 6.40. The summed E-state index contributed by atoms with van der Waals surface area (Å²) in [4.78, 5) is 26.8. The normalized spacial score (nSPS) is 27.3. The minimum Gasteiger partial charge on any atom is -0.358 e. The maximum Gasteiger partial charge on any atom is 0.237 e. The van der Waals surface area contributed by atoms with Gasteiger partial charge in [-0.05, 0) is 47.2 Å². The van der Waals surface area contributed by atoms with E-state index >= 15 is 0 Å². The molecule has 4 rings (SSSR count). The molecule has 2 heterocycles. The number of anilines is 1. The van der Waals surface area contributed by atoms with Crippen molar-refractivity contribution in [3.8, 4) is 0 Å². The Morgan fingerprint density at radius 1 is 1.10 bits per heavy atom. The molecule has 164 valence electrons. The van der Waals surface area contributed by atoms with Gasteiger partial charge >= 0.3 is 0 Å². The van der Waals surface area contributed by atoms with E-state index in [1.807, 2.05) is 36.4 Å². The largest absolute Gasteiger partial charge is 0.358 e. The summed E-state index contributed by atoms with van der Waals surface area (Å²) < 4.78 is 0.